The lowest BCUT2D eigenvalue weighted by Gasteiger charge is -2.11. The SMILES string of the molecule is CCCCCCCCCCOc1ccc(/C(C=O)=c2\c3ccccc3n3c(=O)c(-c4ccc(OCCCCCCCCCC)cc4)c4c5ccccc5n(C)c4c23)cc1. The number of hydrogen-bond donors (Lipinski definition) is 0. The van der Waals surface area contributed by atoms with E-state index in [4.69, 9.17) is 9.47 Å². The van der Waals surface area contributed by atoms with Gasteiger partial charge >= 0.3 is 0 Å². The van der Waals surface area contributed by atoms with Crippen molar-refractivity contribution in [3.05, 3.63) is 118 Å². The quantitative estimate of drug-likeness (QED) is 0.0478. The molecule has 0 radical (unpaired) electrons. The molecule has 0 fully saturated rings. The summed E-state index contributed by atoms with van der Waals surface area (Å²) in [6.07, 6.45) is 21.0. The van der Waals surface area contributed by atoms with E-state index in [0.717, 1.165) is 85.2 Å². The van der Waals surface area contributed by atoms with Crippen LogP contribution in [0.15, 0.2) is 102 Å². The standard InChI is InChI=1S/C53H62N2O4/c1-4-6-8-10-12-14-16-22-36-58-41-32-28-39(29-33-41)45(38-56)49-44-25-19-21-27-47(44)55-52(49)51-50(43-24-18-20-26-46(43)54(51)3)48(53(55)57)40-30-34-42(35-31-40)59-37-23-17-15-13-11-9-7-5-2/h18-21,24-35,38H,4-17,22-23,36-37H2,1-3H3/b49-45+. The Balaban J connectivity index is 1.24. The van der Waals surface area contributed by atoms with Gasteiger partial charge in [0.1, 0.15) is 11.5 Å². The molecule has 0 saturated carbocycles. The number of ether oxygens (including phenoxy) is 2. The van der Waals surface area contributed by atoms with Gasteiger partial charge in [-0.1, -0.05) is 164 Å². The predicted molar refractivity (Wildman–Crippen MR) is 247 cm³/mol. The average Bonchev–Trinajstić information content (AvgIpc) is 3.76. The minimum atomic E-state index is -0.117. The molecule has 4 aromatic carbocycles. The summed E-state index contributed by atoms with van der Waals surface area (Å²) < 4.78 is 16.3. The molecule has 0 saturated heterocycles. The Kier molecular flexibility index (Phi) is 14.6. The third-order valence-corrected chi connectivity index (χ3v) is 12.1. The largest absolute Gasteiger partial charge is 0.494 e. The first-order chi connectivity index (χ1) is 29.1. The van der Waals surface area contributed by atoms with Gasteiger partial charge in [-0.3, -0.25) is 14.0 Å². The van der Waals surface area contributed by atoms with Crippen LogP contribution >= 0.6 is 0 Å². The van der Waals surface area contributed by atoms with E-state index in [9.17, 15) is 4.79 Å². The highest BCUT2D eigenvalue weighted by molar-refractivity contribution is 6.22. The number of aryl methyl sites for hydroxylation is 1. The lowest BCUT2D eigenvalue weighted by molar-refractivity contribution is -0.103. The zero-order chi connectivity index (χ0) is 41.0. The van der Waals surface area contributed by atoms with Gasteiger partial charge in [-0.05, 0) is 60.4 Å². The van der Waals surface area contributed by atoms with Crippen LogP contribution in [0.1, 0.15) is 122 Å². The molecule has 0 amide bonds. The van der Waals surface area contributed by atoms with Crippen molar-refractivity contribution in [2.45, 2.75) is 117 Å². The fraction of sp³-hybridized carbons (Fsp3) is 0.396. The number of carbonyl (C=O) groups is 1. The Morgan fingerprint density at radius 2 is 1.05 bits per heavy atom. The van der Waals surface area contributed by atoms with Crippen molar-refractivity contribution in [2.75, 3.05) is 13.2 Å². The van der Waals surface area contributed by atoms with E-state index in [0.29, 0.717) is 24.4 Å². The molecular formula is C53H62N2O4. The second kappa shape index (κ2) is 20.6. The molecular weight excluding hydrogens is 729 g/mol. The van der Waals surface area contributed by atoms with Crippen molar-refractivity contribution in [2.24, 2.45) is 7.05 Å². The number of aldehydes is 1. The zero-order valence-electron chi connectivity index (χ0n) is 35.6. The van der Waals surface area contributed by atoms with Gasteiger partial charge in [0.25, 0.3) is 5.56 Å². The number of fused-ring (bicyclic) bond motifs is 7. The van der Waals surface area contributed by atoms with Gasteiger partial charge in [-0.25, -0.2) is 0 Å². The van der Waals surface area contributed by atoms with Gasteiger partial charge < -0.3 is 14.0 Å². The number of unbranched alkanes of at least 4 members (excludes halogenated alkanes) is 14. The van der Waals surface area contributed by atoms with Crippen LogP contribution < -0.4 is 20.3 Å². The van der Waals surface area contributed by atoms with E-state index in [1.807, 2.05) is 89.3 Å². The fourth-order valence-electron chi connectivity index (χ4n) is 8.93. The summed E-state index contributed by atoms with van der Waals surface area (Å²) in [5, 5.41) is 3.49. The van der Waals surface area contributed by atoms with E-state index >= 15 is 4.79 Å². The number of benzene rings is 4. The number of para-hydroxylation sites is 2. The second-order valence-electron chi connectivity index (χ2n) is 16.3. The molecule has 6 heteroatoms. The molecule has 3 aromatic heterocycles. The molecule has 0 aliphatic carbocycles. The van der Waals surface area contributed by atoms with Gasteiger partial charge in [-0.2, -0.15) is 0 Å². The molecule has 0 atom stereocenters. The first kappa shape index (κ1) is 41.8. The van der Waals surface area contributed by atoms with Crippen molar-refractivity contribution >= 4 is 50.1 Å². The van der Waals surface area contributed by atoms with Crippen LogP contribution in [0.25, 0.3) is 54.9 Å². The van der Waals surface area contributed by atoms with Gasteiger partial charge in [0.2, 0.25) is 0 Å². The second-order valence-corrected chi connectivity index (χ2v) is 16.3. The predicted octanol–water partition coefficient (Wildman–Crippen LogP) is 12.9. The number of rotatable bonds is 23. The third kappa shape index (κ3) is 9.28. The van der Waals surface area contributed by atoms with E-state index in [1.165, 1.54) is 89.9 Å². The van der Waals surface area contributed by atoms with Crippen molar-refractivity contribution in [1.82, 2.24) is 8.97 Å². The molecule has 6 nitrogen and oxygen atoms in total. The normalized spacial score (nSPS) is 12.3. The number of aromatic nitrogens is 2. The molecule has 59 heavy (non-hydrogen) atoms. The molecule has 308 valence electrons. The van der Waals surface area contributed by atoms with Gasteiger partial charge in [0.05, 0.1) is 35.3 Å². The van der Waals surface area contributed by atoms with E-state index in [-0.39, 0.29) is 5.56 Å². The number of pyridine rings is 1. The number of carbonyl (C=O) groups excluding carboxylic acids is 1. The van der Waals surface area contributed by atoms with E-state index < -0.39 is 0 Å². The maximum Gasteiger partial charge on any atom is 0.264 e. The molecule has 0 aliphatic heterocycles. The topological polar surface area (TPSA) is 61.9 Å². The molecule has 0 bridgehead atoms. The summed E-state index contributed by atoms with van der Waals surface area (Å²) in [5.74, 6) is 1.60. The molecule has 7 rings (SSSR count). The van der Waals surface area contributed by atoms with Crippen LogP contribution in [-0.4, -0.2) is 28.5 Å². The molecule has 7 aromatic rings. The maximum atomic E-state index is 15.2. The van der Waals surface area contributed by atoms with Crippen LogP contribution in [0.5, 0.6) is 11.5 Å². The monoisotopic (exact) mass is 790 g/mol. The molecule has 0 N–H and O–H groups in total. The fourth-order valence-corrected chi connectivity index (χ4v) is 8.93. The Bertz CT molecular complexity index is 2580. The van der Waals surface area contributed by atoms with Crippen LogP contribution in [0.2, 0.25) is 0 Å². The van der Waals surface area contributed by atoms with Crippen LogP contribution in [0, 0.1) is 0 Å². The van der Waals surface area contributed by atoms with Gasteiger partial charge in [-0.15, -0.1) is 0 Å². The molecule has 0 unspecified atom stereocenters. The highest BCUT2D eigenvalue weighted by atomic mass is 16.5. The van der Waals surface area contributed by atoms with E-state index in [1.54, 1.807) is 0 Å². The minimum absolute atomic E-state index is 0.117. The molecule has 0 aliphatic rings. The van der Waals surface area contributed by atoms with Crippen molar-refractivity contribution in [1.29, 1.82) is 0 Å². The summed E-state index contributed by atoms with van der Waals surface area (Å²) in [6, 6.07) is 32.0. The first-order valence-electron chi connectivity index (χ1n) is 22.5. The maximum absolute atomic E-state index is 15.2. The summed E-state index contributed by atoms with van der Waals surface area (Å²) in [4.78, 5) is 28.5. The summed E-state index contributed by atoms with van der Waals surface area (Å²) in [6.45, 7) is 5.87. The highest BCUT2D eigenvalue weighted by Crippen LogP contribution is 2.38. The van der Waals surface area contributed by atoms with Gasteiger partial charge in [0.15, 0.2) is 6.29 Å². The van der Waals surface area contributed by atoms with Crippen molar-refractivity contribution in [3.63, 3.8) is 0 Å². The van der Waals surface area contributed by atoms with Crippen LogP contribution in [0.4, 0.5) is 0 Å². The lowest BCUT2D eigenvalue weighted by atomic mass is 9.99. The Morgan fingerprint density at radius 1 is 0.559 bits per heavy atom. The average molecular weight is 791 g/mol. The van der Waals surface area contributed by atoms with Gasteiger partial charge in [0, 0.05) is 39.5 Å². The van der Waals surface area contributed by atoms with E-state index in [2.05, 4.69) is 37.6 Å². The van der Waals surface area contributed by atoms with Crippen molar-refractivity contribution < 1.29 is 14.3 Å². The van der Waals surface area contributed by atoms with Crippen LogP contribution in [0.3, 0.4) is 0 Å². The molecule has 0 spiro atoms. The highest BCUT2D eigenvalue weighted by Gasteiger charge is 2.25. The zero-order valence-corrected chi connectivity index (χ0v) is 35.6. The number of hydrogen-bond acceptors (Lipinski definition) is 4. The summed E-state index contributed by atoms with van der Waals surface area (Å²) >= 11 is 0. The first-order valence-corrected chi connectivity index (χ1v) is 22.5. The third-order valence-electron chi connectivity index (χ3n) is 12.1. The lowest BCUT2D eigenvalue weighted by Crippen LogP contribution is -2.19. The number of nitrogens with zero attached hydrogens (tertiary/aromatic N) is 2. The Hall–Kier alpha value is -5.36. The molecule has 3 heterocycles. The summed E-state index contributed by atoms with van der Waals surface area (Å²) in [7, 11) is 2.06. The summed E-state index contributed by atoms with van der Waals surface area (Å²) in [5.41, 5.74) is 6.10. The Labute approximate surface area is 349 Å². The Morgan fingerprint density at radius 3 is 1.61 bits per heavy atom. The van der Waals surface area contributed by atoms with Crippen LogP contribution in [-0.2, 0) is 11.8 Å². The minimum Gasteiger partial charge on any atom is -0.494 e. The van der Waals surface area contributed by atoms with Crippen molar-refractivity contribution in [3.8, 4) is 22.6 Å². The smallest absolute Gasteiger partial charge is 0.264 e.